The standard InChI is InChI=1S/C13H23N3/c1-4-11-9-12(16(3)15-11)10-13(5-2)7-6-8-14-13/h9,14H,4-8,10H2,1-3H3. The van der Waals surface area contributed by atoms with Crippen LogP contribution in [0, 0.1) is 0 Å². The zero-order valence-corrected chi connectivity index (χ0v) is 10.7. The van der Waals surface area contributed by atoms with Gasteiger partial charge in [-0.3, -0.25) is 4.68 Å². The van der Waals surface area contributed by atoms with E-state index in [0.717, 1.165) is 12.8 Å². The molecule has 2 heterocycles. The molecule has 1 aromatic rings. The summed E-state index contributed by atoms with van der Waals surface area (Å²) in [6.45, 7) is 5.62. The molecule has 3 nitrogen and oxygen atoms in total. The molecule has 0 bridgehead atoms. The molecule has 1 N–H and O–H groups in total. The molecular formula is C13H23N3. The van der Waals surface area contributed by atoms with Crippen molar-refractivity contribution in [3.63, 3.8) is 0 Å². The predicted molar refractivity (Wildman–Crippen MR) is 66.5 cm³/mol. The average Bonchev–Trinajstić information content (AvgIpc) is 2.88. The molecule has 2 rings (SSSR count). The van der Waals surface area contributed by atoms with Gasteiger partial charge in [0.15, 0.2) is 0 Å². The van der Waals surface area contributed by atoms with Crippen LogP contribution in [0.2, 0.25) is 0 Å². The number of nitrogens with zero attached hydrogens (tertiary/aromatic N) is 2. The quantitative estimate of drug-likeness (QED) is 0.843. The average molecular weight is 221 g/mol. The largest absolute Gasteiger partial charge is 0.311 e. The minimum Gasteiger partial charge on any atom is -0.311 e. The minimum atomic E-state index is 0.332. The third-order valence-corrected chi connectivity index (χ3v) is 3.92. The van der Waals surface area contributed by atoms with E-state index in [4.69, 9.17) is 0 Å². The normalized spacial score (nSPS) is 25.2. The molecule has 0 amide bonds. The Bertz CT molecular complexity index is 348. The first kappa shape index (κ1) is 11.6. The first-order valence-corrected chi connectivity index (χ1v) is 6.46. The molecule has 0 aliphatic carbocycles. The first-order chi connectivity index (χ1) is 7.69. The van der Waals surface area contributed by atoms with Gasteiger partial charge < -0.3 is 5.32 Å². The molecule has 0 spiro atoms. The smallest absolute Gasteiger partial charge is 0.0624 e. The Morgan fingerprint density at radius 2 is 2.31 bits per heavy atom. The van der Waals surface area contributed by atoms with E-state index in [1.54, 1.807) is 0 Å². The number of hydrogen-bond acceptors (Lipinski definition) is 2. The number of aryl methyl sites for hydroxylation is 2. The van der Waals surface area contributed by atoms with Gasteiger partial charge in [-0.2, -0.15) is 5.10 Å². The lowest BCUT2D eigenvalue weighted by Crippen LogP contribution is -2.41. The van der Waals surface area contributed by atoms with E-state index in [1.807, 2.05) is 0 Å². The molecule has 0 aromatic carbocycles. The van der Waals surface area contributed by atoms with Crippen LogP contribution in [-0.2, 0) is 19.9 Å². The molecule has 1 aliphatic rings. The van der Waals surface area contributed by atoms with Crippen LogP contribution in [0.4, 0.5) is 0 Å². The molecule has 1 aliphatic heterocycles. The number of aromatic nitrogens is 2. The number of hydrogen-bond donors (Lipinski definition) is 1. The lowest BCUT2D eigenvalue weighted by atomic mass is 9.89. The van der Waals surface area contributed by atoms with E-state index in [9.17, 15) is 0 Å². The van der Waals surface area contributed by atoms with Crippen LogP contribution in [-0.4, -0.2) is 21.9 Å². The lowest BCUT2D eigenvalue weighted by Gasteiger charge is -2.28. The highest BCUT2D eigenvalue weighted by molar-refractivity contribution is 5.14. The topological polar surface area (TPSA) is 29.9 Å². The van der Waals surface area contributed by atoms with Crippen molar-refractivity contribution in [2.45, 2.75) is 51.5 Å². The van der Waals surface area contributed by atoms with Crippen LogP contribution >= 0.6 is 0 Å². The Labute approximate surface area is 98.2 Å². The second kappa shape index (κ2) is 4.58. The molecule has 3 heteroatoms. The Morgan fingerprint density at radius 1 is 1.50 bits per heavy atom. The van der Waals surface area contributed by atoms with Gasteiger partial charge in [0.2, 0.25) is 0 Å². The predicted octanol–water partition coefficient (Wildman–Crippen LogP) is 2.06. The van der Waals surface area contributed by atoms with Crippen molar-refractivity contribution in [2.75, 3.05) is 6.54 Å². The van der Waals surface area contributed by atoms with Gasteiger partial charge >= 0.3 is 0 Å². The molecule has 1 fully saturated rings. The van der Waals surface area contributed by atoms with Gasteiger partial charge in [-0.25, -0.2) is 0 Å². The summed E-state index contributed by atoms with van der Waals surface area (Å²) in [6, 6.07) is 2.26. The maximum absolute atomic E-state index is 4.53. The molecule has 16 heavy (non-hydrogen) atoms. The molecular weight excluding hydrogens is 198 g/mol. The monoisotopic (exact) mass is 221 g/mol. The van der Waals surface area contributed by atoms with Crippen LogP contribution in [0.1, 0.15) is 44.5 Å². The minimum absolute atomic E-state index is 0.332. The van der Waals surface area contributed by atoms with Crippen LogP contribution < -0.4 is 5.32 Å². The summed E-state index contributed by atoms with van der Waals surface area (Å²) in [4.78, 5) is 0. The van der Waals surface area contributed by atoms with Gasteiger partial charge in [0, 0.05) is 24.7 Å². The fourth-order valence-electron chi connectivity index (χ4n) is 2.70. The fraction of sp³-hybridized carbons (Fsp3) is 0.769. The van der Waals surface area contributed by atoms with E-state index < -0.39 is 0 Å². The lowest BCUT2D eigenvalue weighted by molar-refractivity contribution is 0.351. The zero-order chi connectivity index (χ0) is 11.6. The van der Waals surface area contributed by atoms with Crippen molar-refractivity contribution in [2.24, 2.45) is 7.05 Å². The number of nitrogens with one attached hydrogen (secondary N) is 1. The zero-order valence-electron chi connectivity index (χ0n) is 10.7. The highest BCUT2D eigenvalue weighted by Gasteiger charge is 2.32. The summed E-state index contributed by atoms with van der Waals surface area (Å²) < 4.78 is 2.05. The van der Waals surface area contributed by atoms with Gasteiger partial charge in [-0.15, -0.1) is 0 Å². The van der Waals surface area contributed by atoms with E-state index in [0.29, 0.717) is 5.54 Å². The molecule has 0 saturated carbocycles. The Kier molecular flexibility index (Phi) is 3.33. The second-order valence-electron chi connectivity index (χ2n) is 4.95. The molecule has 0 radical (unpaired) electrons. The summed E-state index contributed by atoms with van der Waals surface area (Å²) in [7, 11) is 2.06. The Hall–Kier alpha value is -0.830. The summed E-state index contributed by atoms with van der Waals surface area (Å²) in [5.41, 5.74) is 2.91. The maximum atomic E-state index is 4.53. The van der Waals surface area contributed by atoms with Gasteiger partial charge in [-0.1, -0.05) is 13.8 Å². The highest BCUT2D eigenvalue weighted by Crippen LogP contribution is 2.27. The summed E-state index contributed by atoms with van der Waals surface area (Å²) in [5.74, 6) is 0. The van der Waals surface area contributed by atoms with Crippen LogP contribution in [0.25, 0.3) is 0 Å². The second-order valence-corrected chi connectivity index (χ2v) is 4.95. The number of rotatable bonds is 4. The molecule has 90 valence electrons. The summed E-state index contributed by atoms with van der Waals surface area (Å²) in [6.07, 6.45) is 5.97. The van der Waals surface area contributed by atoms with Crippen molar-refractivity contribution in [3.05, 3.63) is 17.5 Å². The molecule has 1 atom stereocenters. The summed E-state index contributed by atoms with van der Waals surface area (Å²) >= 11 is 0. The van der Waals surface area contributed by atoms with Gasteiger partial charge in [0.05, 0.1) is 5.69 Å². The van der Waals surface area contributed by atoms with Crippen molar-refractivity contribution in [3.8, 4) is 0 Å². The summed E-state index contributed by atoms with van der Waals surface area (Å²) in [5, 5.41) is 8.21. The van der Waals surface area contributed by atoms with Crippen LogP contribution in [0.3, 0.4) is 0 Å². The molecule has 1 aromatic heterocycles. The van der Waals surface area contributed by atoms with E-state index in [-0.39, 0.29) is 0 Å². The Balaban J connectivity index is 2.15. The van der Waals surface area contributed by atoms with E-state index >= 15 is 0 Å². The van der Waals surface area contributed by atoms with Gasteiger partial charge in [0.25, 0.3) is 0 Å². The third-order valence-electron chi connectivity index (χ3n) is 3.92. The van der Waals surface area contributed by atoms with Crippen LogP contribution in [0.5, 0.6) is 0 Å². The third kappa shape index (κ3) is 2.14. The fourth-order valence-corrected chi connectivity index (χ4v) is 2.70. The van der Waals surface area contributed by atoms with Crippen molar-refractivity contribution in [1.82, 2.24) is 15.1 Å². The Morgan fingerprint density at radius 3 is 2.81 bits per heavy atom. The van der Waals surface area contributed by atoms with Crippen LogP contribution in [0.15, 0.2) is 6.07 Å². The van der Waals surface area contributed by atoms with Crippen molar-refractivity contribution >= 4 is 0 Å². The SMILES string of the molecule is CCc1cc(CC2(CC)CCCN2)n(C)n1. The van der Waals surface area contributed by atoms with E-state index in [2.05, 4.69) is 42.1 Å². The van der Waals surface area contributed by atoms with Gasteiger partial charge in [0.1, 0.15) is 0 Å². The van der Waals surface area contributed by atoms with Gasteiger partial charge in [-0.05, 0) is 38.3 Å². The van der Waals surface area contributed by atoms with Crippen molar-refractivity contribution in [1.29, 1.82) is 0 Å². The van der Waals surface area contributed by atoms with Crippen molar-refractivity contribution < 1.29 is 0 Å². The highest BCUT2D eigenvalue weighted by atomic mass is 15.3. The molecule has 1 unspecified atom stereocenters. The molecule has 1 saturated heterocycles. The van der Waals surface area contributed by atoms with E-state index in [1.165, 1.54) is 37.2 Å². The maximum Gasteiger partial charge on any atom is 0.0624 e. The first-order valence-electron chi connectivity index (χ1n) is 6.46.